The van der Waals surface area contributed by atoms with Gasteiger partial charge in [-0.3, -0.25) is 9.20 Å². The summed E-state index contributed by atoms with van der Waals surface area (Å²) in [7, 11) is 0. The number of nitrogens with zero attached hydrogens (tertiary/aromatic N) is 4. The Morgan fingerprint density at radius 3 is 2.77 bits per heavy atom. The molecule has 130 valence electrons. The van der Waals surface area contributed by atoms with Gasteiger partial charge in [0.15, 0.2) is 0 Å². The zero-order valence-corrected chi connectivity index (χ0v) is 14.5. The van der Waals surface area contributed by atoms with Gasteiger partial charge in [0.1, 0.15) is 11.5 Å². The number of rotatable bonds is 4. The Bertz CT molecular complexity index is 1140. The number of aryl methyl sites for hydroxylation is 1. The minimum absolute atomic E-state index is 0.133. The molecule has 4 rings (SSSR count). The topological polar surface area (TPSA) is 73.3 Å². The summed E-state index contributed by atoms with van der Waals surface area (Å²) in [4.78, 5) is 16.7. The molecule has 8 heteroatoms. The molecule has 3 heterocycles. The lowest BCUT2D eigenvalue weighted by Gasteiger charge is -2.03. The Morgan fingerprint density at radius 2 is 1.96 bits per heavy atom. The Balaban J connectivity index is 1.52. The van der Waals surface area contributed by atoms with Gasteiger partial charge in [0.25, 0.3) is 10.8 Å². The first kappa shape index (κ1) is 16.5. The maximum absolute atomic E-state index is 13.0. The fourth-order valence-electron chi connectivity index (χ4n) is 2.45. The van der Waals surface area contributed by atoms with Crippen LogP contribution in [0, 0.1) is 12.7 Å². The van der Waals surface area contributed by atoms with Crippen molar-refractivity contribution < 1.29 is 8.81 Å². The number of aromatic nitrogens is 4. The van der Waals surface area contributed by atoms with E-state index in [9.17, 15) is 9.18 Å². The van der Waals surface area contributed by atoms with E-state index in [1.54, 1.807) is 18.3 Å². The highest BCUT2D eigenvalue weighted by Gasteiger charge is 2.11. The summed E-state index contributed by atoms with van der Waals surface area (Å²) in [6.07, 6.45) is 1.76. The van der Waals surface area contributed by atoms with Crippen LogP contribution < -0.4 is 5.56 Å². The van der Waals surface area contributed by atoms with Gasteiger partial charge in [0, 0.05) is 23.6 Å². The molecule has 4 aromatic rings. The van der Waals surface area contributed by atoms with E-state index in [4.69, 9.17) is 4.42 Å². The van der Waals surface area contributed by atoms with Crippen molar-refractivity contribution in [2.75, 3.05) is 0 Å². The zero-order valence-electron chi connectivity index (χ0n) is 13.7. The normalized spacial score (nSPS) is 11.2. The number of hydrogen-bond donors (Lipinski definition) is 0. The Hall–Kier alpha value is -3.00. The molecular formula is C18H13FN4O2S. The van der Waals surface area contributed by atoms with Crippen molar-refractivity contribution in [3.05, 3.63) is 76.1 Å². The quantitative estimate of drug-likeness (QED) is 0.514. The second-order valence-corrected chi connectivity index (χ2v) is 6.62. The van der Waals surface area contributed by atoms with Crippen LogP contribution in [-0.2, 0) is 5.75 Å². The first-order chi connectivity index (χ1) is 12.6. The highest BCUT2D eigenvalue weighted by atomic mass is 32.2. The van der Waals surface area contributed by atoms with E-state index in [1.807, 2.05) is 19.1 Å². The van der Waals surface area contributed by atoms with Gasteiger partial charge >= 0.3 is 0 Å². The van der Waals surface area contributed by atoms with E-state index in [1.165, 1.54) is 34.4 Å². The van der Waals surface area contributed by atoms with Crippen molar-refractivity contribution in [1.82, 2.24) is 19.6 Å². The first-order valence-corrected chi connectivity index (χ1v) is 8.78. The average Bonchev–Trinajstić information content (AvgIpc) is 3.10. The minimum atomic E-state index is -0.327. The molecule has 26 heavy (non-hydrogen) atoms. The van der Waals surface area contributed by atoms with Gasteiger partial charge in [-0.05, 0) is 42.8 Å². The molecule has 0 aliphatic heterocycles. The van der Waals surface area contributed by atoms with Gasteiger partial charge in [0.2, 0.25) is 5.89 Å². The van der Waals surface area contributed by atoms with Crippen LogP contribution in [0.4, 0.5) is 4.39 Å². The molecule has 0 fully saturated rings. The molecule has 0 radical (unpaired) electrons. The average molecular weight is 368 g/mol. The maximum Gasteiger partial charge on any atom is 0.277 e. The zero-order chi connectivity index (χ0) is 18.1. The van der Waals surface area contributed by atoms with Crippen LogP contribution >= 0.6 is 11.8 Å². The smallest absolute Gasteiger partial charge is 0.277 e. The monoisotopic (exact) mass is 368 g/mol. The van der Waals surface area contributed by atoms with Crippen molar-refractivity contribution in [2.45, 2.75) is 17.9 Å². The molecule has 0 spiro atoms. The van der Waals surface area contributed by atoms with Crippen LogP contribution in [-0.4, -0.2) is 19.6 Å². The van der Waals surface area contributed by atoms with Gasteiger partial charge < -0.3 is 4.42 Å². The van der Waals surface area contributed by atoms with Crippen LogP contribution in [0.25, 0.3) is 17.1 Å². The lowest BCUT2D eigenvalue weighted by Crippen LogP contribution is -2.15. The molecule has 6 nitrogen and oxygen atoms in total. The van der Waals surface area contributed by atoms with Gasteiger partial charge in [-0.15, -0.1) is 10.2 Å². The molecule has 3 aromatic heterocycles. The fourth-order valence-corrected chi connectivity index (χ4v) is 3.10. The van der Waals surface area contributed by atoms with Crippen molar-refractivity contribution >= 4 is 17.4 Å². The molecular weight excluding hydrogens is 355 g/mol. The third-order valence-electron chi connectivity index (χ3n) is 3.70. The van der Waals surface area contributed by atoms with E-state index >= 15 is 0 Å². The summed E-state index contributed by atoms with van der Waals surface area (Å²) in [5.41, 5.74) is 2.72. The van der Waals surface area contributed by atoms with E-state index in [-0.39, 0.29) is 11.4 Å². The largest absolute Gasteiger partial charge is 0.411 e. The predicted octanol–water partition coefficient (Wildman–Crippen LogP) is 3.48. The van der Waals surface area contributed by atoms with Gasteiger partial charge in [-0.2, -0.15) is 0 Å². The van der Waals surface area contributed by atoms with Crippen molar-refractivity contribution in [3.8, 4) is 11.5 Å². The second kappa shape index (κ2) is 6.72. The summed E-state index contributed by atoms with van der Waals surface area (Å²) in [6.45, 7) is 1.92. The number of pyridine rings is 1. The molecule has 0 bridgehead atoms. The highest BCUT2D eigenvalue weighted by Crippen LogP contribution is 2.25. The predicted molar refractivity (Wildman–Crippen MR) is 95.5 cm³/mol. The van der Waals surface area contributed by atoms with E-state index < -0.39 is 0 Å². The summed E-state index contributed by atoms with van der Waals surface area (Å²) < 4.78 is 20.1. The third-order valence-corrected chi connectivity index (χ3v) is 4.55. The van der Waals surface area contributed by atoms with Crippen LogP contribution in [0.15, 0.2) is 63.1 Å². The Labute approximate surface area is 151 Å². The summed E-state index contributed by atoms with van der Waals surface area (Å²) in [5.74, 6) is 0.409. The lowest BCUT2D eigenvalue weighted by atomic mass is 10.2. The Morgan fingerprint density at radius 1 is 1.15 bits per heavy atom. The van der Waals surface area contributed by atoms with Crippen molar-refractivity contribution in [2.24, 2.45) is 0 Å². The maximum atomic E-state index is 13.0. The van der Waals surface area contributed by atoms with Crippen LogP contribution in [0.3, 0.4) is 0 Å². The molecule has 0 saturated carbocycles. The second-order valence-electron chi connectivity index (χ2n) is 5.69. The summed E-state index contributed by atoms with van der Waals surface area (Å²) >= 11 is 1.29. The lowest BCUT2D eigenvalue weighted by molar-refractivity contribution is 0.465. The molecule has 0 aliphatic rings. The Kier molecular flexibility index (Phi) is 4.26. The van der Waals surface area contributed by atoms with E-state index in [0.29, 0.717) is 33.8 Å². The van der Waals surface area contributed by atoms with Crippen LogP contribution in [0.5, 0.6) is 0 Å². The molecule has 0 N–H and O–H groups in total. The highest BCUT2D eigenvalue weighted by molar-refractivity contribution is 7.98. The molecule has 0 atom stereocenters. The number of thioether (sulfide) groups is 1. The van der Waals surface area contributed by atoms with Crippen LogP contribution in [0.1, 0.15) is 11.3 Å². The van der Waals surface area contributed by atoms with Crippen molar-refractivity contribution in [1.29, 1.82) is 0 Å². The third kappa shape index (κ3) is 3.36. The SMILES string of the molecule is Cc1ccc2nc(CSc3nnc(-c4ccc(F)cc4)o3)cc(=O)n2c1. The fraction of sp³-hybridized carbons (Fsp3) is 0.111. The molecule has 0 aliphatic carbocycles. The van der Waals surface area contributed by atoms with Gasteiger partial charge in [0.05, 0.1) is 5.69 Å². The molecule has 1 aromatic carbocycles. The molecule has 0 amide bonds. The number of hydrogen-bond acceptors (Lipinski definition) is 6. The number of benzene rings is 1. The first-order valence-electron chi connectivity index (χ1n) is 7.80. The number of fused-ring (bicyclic) bond motifs is 1. The molecule has 0 saturated heterocycles. The molecule has 0 unspecified atom stereocenters. The van der Waals surface area contributed by atoms with Crippen LogP contribution in [0.2, 0.25) is 0 Å². The van der Waals surface area contributed by atoms with Gasteiger partial charge in [-0.25, -0.2) is 9.37 Å². The van der Waals surface area contributed by atoms with Crippen molar-refractivity contribution in [3.63, 3.8) is 0 Å². The summed E-state index contributed by atoms with van der Waals surface area (Å²) in [5, 5.41) is 8.28. The van der Waals surface area contributed by atoms with Gasteiger partial charge in [-0.1, -0.05) is 17.8 Å². The standard InChI is InChI=1S/C18H13FN4O2S/c1-11-2-7-15-20-14(8-16(24)23(15)9-11)10-26-18-22-21-17(25-18)12-3-5-13(19)6-4-12/h2-9H,10H2,1H3. The van der Waals surface area contributed by atoms with E-state index in [0.717, 1.165) is 5.56 Å². The number of halogens is 1. The van der Waals surface area contributed by atoms with E-state index in [2.05, 4.69) is 15.2 Å². The summed E-state index contributed by atoms with van der Waals surface area (Å²) in [6, 6.07) is 11.0. The minimum Gasteiger partial charge on any atom is -0.411 e.